The number of aromatic nitrogens is 2. The van der Waals surface area contributed by atoms with Crippen LogP contribution in [0.25, 0.3) is 0 Å². The summed E-state index contributed by atoms with van der Waals surface area (Å²) in [6, 6.07) is 16.5. The van der Waals surface area contributed by atoms with Gasteiger partial charge in [-0.05, 0) is 68.3 Å². The number of anilines is 1. The van der Waals surface area contributed by atoms with Gasteiger partial charge in [0.05, 0.1) is 12.2 Å². The molecule has 0 N–H and O–H groups in total. The van der Waals surface area contributed by atoms with Crippen LogP contribution < -0.4 is 4.90 Å². The lowest BCUT2D eigenvalue weighted by Crippen LogP contribution is -2.35. The predicted molar refractivity (Wildman–Crippen MR) is 116 cm³/mol. The molecule has 1 aliphatic heterocycles. The van der Waals surface area contributed by atoms with Crippen LogP contribution in [0, 0.1) is 19.7 Å². The van der Waals surface area contributed by atoms with Crippen LogP contribution in [-0.2, 0) is 6.54 Å². The first-order valence-corrected chi connectivity index (χ1v) is 10.4. The summed E-state index contributed by atoms with van der Waals surface area (Å²) < 4.78 is 15.2. The van der Waals surface area contributed by atoms with Crippen LogP contribution in [-0.4, -0.2) is 46.8 Å². The van der Waals surface area contributed by atoms with E-state index in [-0.39, 0.29) is 11.7 Å². The number of benzene rings is 2. The summed E-state index contributed by atoms with van der Waals surface area (Å²) in [6.07, 6.45) is 0.888. The van der Waals surface area contributed by atoms with E-state index >= 15 is 0 Å². The van der Waals surface area contributed by atoms with Crippen molar-refractivity contribution >= 4 is 11.6 Å². The fourth-order valence-electron chi connectivity index (χ4n) is 3.97. The zero-order chi connectivity index (χ0) is 21.1. The van der Waals surface area contributed by atoms with Gasteiger partial charge in [0.2, 0.25) is 0 Å². The van der Waals surface area contributed by atoms with Crippen molar-refractivity contribution in [3.63, 3.8) is 0 Å². The maximum atomic E-state index is 13.2. The third-order valence-corrected chi connectivity index (χ3v) is 5.61. The molecule has 30 heavy (non-hydrogen) atoms. The summed E-state index contributed by atoms with van der Waals surface area (Å²) in [4.78, 5) is 17.1. The Morgan fingerprint density at radius 2 is 1.70 bits per heavy atom. The molecule has 0 saturated carbocycles. The molecule has 2 heterocycles. The molecule has 3 aromatic rings. The van der Waals surface area contributed by atoms with Crippen molar-refractivity contribution < 1.29 is 9.18 Å². The van der Waals surface area contributed by atoms with E-state index in [1.165, 1.54) is 12.1 Å². The summed E-state index contributed by atoms with van der Waals surface area (Å²) in [5.41, 5.74) is 4.97. The number of rotatable bonds is 4. The highest BCUT2D eigenvalue weighted by Gasteiger charge is 2.20. The third-order valence-electron chi connectivity index (χ3n) is 5.61. The van der Waals surface area contributed by atoms with Crippen LogP contribution in [0.2, 0.25) is 0 Å². The zero-order valence-corrected chi connectivity index (χ0v) is 17.5. The van der Waals surface area contributed by atoms with E-state index in [1.54, 1.807) is 12.1 Å². The van der Waals surface area contributed by atoms with Crippen molar-refractivity contribution in [2.75, 3.05) is 31.1 Å². The third kappa shape index (κ3) is 4.53. The fraction of sp³-hybridized carbons (Fsp3) is 0.333. The lowest BCUT2D eigenvalue weighted by molar-refractivity contribution is 0.0767. The van der Waals surface area contributed by atoms with E-state index in [2.05, 4.69) is 16.1 Å². The lowest BCUT2D eigenvalue weighted by atomic mass is 10.1. The second-order valence-electron chi connectivity index (χ2n) is 7.89. The average molecular weight is 407 g/mol. The maximum absolute atomic E-state index is 13.2. The van der Waals surface area contributed by atoms with Gasteiger partial charge in [-0.1, -0.05) is 12.1 Å². The monoisotopic (exact) mass is 406 g/mol. The van der Waals surface area contributed by atoms with Gasteiger partial charge in [0, 0.05) is 43.1 Å². The fourth-order valence-corrected chi connectivity index (χ4v) is 3.97. The van der Waals surface area contributed by atoms with Crippen molar-refractivity contribution in [1.29, 1.82) is 0 Å². The maximum Gasteiger partial charge on any atom is 0.253 e. The topological polar surface area (TPSA) is 41.4 Å². The first kappa shape index (κ1) is 20.1. The molecule has 1 saturated heterocycles. The summed E-state index contributed by atoms with van der Waals surface area (Å²) in [7, 11) is 0. The highest BCUT2D eigenvalue weighted by molar-refractivity contribution is 5.94. The quantitative estimate of drug-likeness (QED) is 0.657. The first-order chi connectivity index (χ1) is 14.5. The van der Waals surface area contributed by atoms with Gasteiger partial charge in [0.15, 0.2) is 0 Å². The number of hydrogen-bond donors (Lipinski definition) is 0. The molecule has 5 nitrogen and oxygen atoms in total. The van der Waals surface area contributed by atoms with Crippen LogP contribution in [0.15, 0.2) is 54.6 Å². The van der Waals surface area contributed by atoms with Crippen LogP contribution in [0.4, 0.5) is 10.1 Å². The molecule has 0 unspecified atom stereocenters. The van der Waals surface area contributed by atoms with Gasteiger partial charge >= 0.3 is 0 Å². The SMILES string of the molecule is Cc1cc(C)n(Cc2ccc(C(=O)N3CCCN(c4ccc(F)cc4)CC3)cc2)n1. The van der Waals surface area contributed by atoms with Crippen molar-refractivity contribution in [3.05, 3.63) is 82.9 Å². The van der Waals surface area contributed by atoms with Crippen LogP contribution in [0.3, 0.4) is 0 Å². The van der Waals surface area contributed by atoms with Crippen LogP contribution in [0.1, 0.15) is 33.7 Å². The molecule has 1 amide bonds. The lowest BCUT2D eigenvalue weighted by Gasteiger charge is -2.24. The molecule has 0 aliphatic carbocycles. The minimum Gasteiger partial charge on any atom is -0.370 e. The van der Waals surface area contributed by atoms with Crippen molar-refractivity contribution in [2.24, 2.45) is 0 Å². The van der Waals surface area contributed by atoms with E-state index in [4.69, 9.17) is 0 Å². The van der Waals surface area contributed by atoms with E-state index in [0.29, 0.717) is 18.7 Å². The standard InChI is InChI=1S/C24H27FN4O/c1-18-16-19(2)29(26-18)17-20-4-6-21(7-5-20)24(30)28-13-3-12-27(14-15-28)23-10-8-22(25)9-11-23/h4-11,16H,3,12-15,17H2,1-2H3. The van der Waals surface area contributed by atoms with E-state index in [1.807, 2.05) is 47.7 Å². The number of nitrogens with zero attached hydrogens (tertiary/aromatic N) is 4. The second kappa shape index (κ2) is 8.69. The average Bonchev–Trinajstić information content (AvgIpc) is 2.93. The molecule has 1 aliphatic rings. The molecule has 156 valence electrons. The molecule has 0 bridgehead atoms. The van der Waals surface area contributed by atoms with Crippen LogP contribution >= 0.6 is 0 Å². The Balaban J connectivity index is 1.39. The van der Waals surface area contributed by atoms with Gasteiger partial charge in [-0.25, -0.2) is 4.39 Å². The highest BCUT2D eigenvalue weighted by atomic mass is 19.1. The van der Waals surface area contributed by atoms with Gasteiger partial charge in [0.25, 0.3) is 5.91 Å². The summed E-state index contributed by atoms with van der Waals surface area (Å²) in [5.74, 6) is -0.166. The van der Waals surface area contributed by atoms with Gasteiger partial charge in [-0.15, -0.1) is 0 Å². The number of halogens is 1. The van der Waals surface area contributed by atoms with Gasteiger partial charge in [-0.3, -0.25) is 9.48 Å². The molecule has 4 rings (SSSR count). The molecule has 0 atom stereocenters. The van der Waals surface area contributed by atoms with Gasteiger partial charge < -0.3 is 9.80 Å². The minimum absolute atomic E-state index is 0.0635. The largest absolute Gasteiger partial charge is 0.370 e. The number of aryl methyl sites for hydroxylation is 2. The number of carbonyl (C=O) groups excluding carboxylic acids is 1. The van der Waals surface area contributed by atoms with E-state index in [0.717, 1.165) is 48.7 Å². The van der Waals surface area contributed by atoms with Crippen molar-refractivity contribution in [2.45, 2.75) is 26.8 Å². The first-order valence-electron chi connectivity index (χ1n) is 10.4. The van der Waals surface area contributed by atoms with Gasteiger partial charge in [-0.2, -0.15) is 5.10 Å². The normalized spacial score (nSPS) is 14.6. The van der Waals surface area contributed by atoms with Crippen LogP contribution in [0.5, 0.6) is 0 Å². The Morgan fingerprint density at radius 1 is 0.967 bits per heavy atom. The molecular weight excluding hydrogens is 379 g/mol. The summed E-state index contributed by atoms with van der Waals surface area (Å²) >= 11 is 0. The molecule has 2 aromatic carbocycles. The van der Waals surface area contributed by atoms with Gasteiger partial charge in [0.1, 0.15) is 5.82 Å². The zero-order valence-electron chi connectivity index (χ0n) is 17.5. The number of hydrogen-bond acceptors (Lipinski definition) is 3. The Hall–Kier alpha value is -3.15. The molecule has 0 spiro atoms. The Labute approximate surface area is 176 Å². The van der Waals surface area contributed by atoms with E-state index in [9.17, 15) is 9.18 Å². The Bertz CT molecular complexity index is 1010. The number of amides is 1. The number of carbonyl (C=O) groups is 1. The predicted octanol–water partition coefficient (Wildman–Crippen LogP) is 4.04. The Morgan fingerprint density at radius 3 is 2.37 bits per heavy atom. The molecule has 6 heteroatoms. The van der Waals surface area contributed by atoms with E-state index < -0.39 is 0 Å². The molecule has 1 aromatic heterocycles. The molecule has 0 radical (unpaired) electrons. The smallest absolute Gasteiger partial charge is 0.253 e. The summed E-state index contributed by atoms with van der Waals surface area (Å²) in [5, 5.41) is 4.50. The molecule has 1 fully saturated rings. The second-order valence-corrected chi connectivity index (χ2v) is 7.89. The molecular formula is C24H27FN4O. The Kier molecular flexibility index (Phi) is 5.84. The van der Waals surface area contributed by atoms with Crippen molar-refractivity contribution in [3.8, 4) is 0 Å². The minimum atomic E-state index is -0.230. The van der Waals surface area contributed by atoms with Crippen molar-refractivity contribution in [1.82, 2.24) is 14.7 Å². The highest BCUT2D eigenvalue weighted by Crippen LogP contribution is 2.18. The summed E-state index contributed by atoms with van der Waals surface area (Å²) in [6.45, 7) is 7.72.